The average molecular weight is 293 g/mol. The van der Waals surface area contributed by atoms with E-state index in [1.807, 2.05) is 0 Å². The van der Waals surface area contributed by atoms with Crippen LogP contribution in [-0.4, -0.2) is 42.5 Å². The molecule has 8 nitrogen and oxygen atoms in total. The monoisotopic (exact) mass is 293 g/mol. The van der Waals surface area contributed by atoms with Gasteiger partial charge in [0.15, 0.2) is 11.5 Å². The van der Waals surface area contributed by atoms with Crippen LogP contribution in [0.4, 0.5) is 5.95 Å². The number of hydrogen-bond acceptors (Lipinski definition) is 7. The van der Waals surface area contributed by atoms with Crippen molar-refractivity contribution in [1.29, 1.82) is 0 Å². The Bertz CT molecular complexity index is 588. The number of carbonyl (C=O) groups excluding carboxylic acids is 1. The lowest BCUT2D eigenvalue weighted by Gasteiger charge is -2.19. The summed E-state index contributed by atoms with van der Waals surface area (Å²) in [5.74, 6) is 1.28. The normalized spacial score (nSPS) is 16.2. The summed E-state index contributed by atoms with van der Waals surface area (Å²) in [5, 5.41) is 10.4. The van der Waals surface area contributed by atoms with Gasteiger partial charge in [-0.15, -0.1) is 0 Å². The van der Waals surface area contributed by atoms with Crippen LogP contribution >= 0.6 is 11.7 Å². The number of carbonyl (C=O) groups is 1. The summed E-state index contributed by atoms with van der Waals surface area (Å²) in [7, 11) is 1.77. The lowest BCUT2D eigenvalue weighted by atomic mass is 9.98. The van der Waals surface area contributed by atoms with Gasteiger partial charge in [-0.25, -0.2) is 4.68 Å². The lowest BCUT2D eigenvalue weighted by Crippen LogP contribution is -2.27. The van der Waals surface area contributed by atoms with Crippen LogP contribution in [0.2, 0.25) is 0 Å². The molecule has 1 aliphatic rings. The van der Waals surface area contributed by atoms with Gasteiger partial charge in [0.1, 0.15) is 0 Å². The van der Waals surface area contributed by atoms with Crippen LogP contribution in [0.15, 0.2) is 6.20 Å². The van der Waals surface area contributed by atoms with Crippen LogP contribution in [0.25, 0.3) is 0 Å². The van der Waals surface area contributed by atoms with Gasteiger partial charge in [-0.3, -0.25) is 10.1 Å². The van der Waals surface area contributed by atoms with E-state index in [2.05, 4.69) is 29.5 Å². The van der Waals surface area contributed by atoms with Crippen molar-refractivity contribution < 1.29 is 4.79 Å². The first kappa shape index (κ1) is 13.1. The number of amides is 1. The molecule has 0 bridgehead atoms. The summed E-state index contributed by atoms with van der Waals surface area (Å²) in [6.07, 6.45) is 3.48. The topological polar surface area (TPSA) is 97.6 Å². The summed E-state index contributed by atoms with van der Waals surface area (Å²) < 4.78 is 9.29. The molecule has 20 heavy (non-hydrogen) atoms. The standard InChI is InChI=1S/C11H15N7OS/c1-18-11(15-10(19)8-6-13-20-17-8)14-9(16-18)7-2-4-12-5-3-7/h6-7,12H,2-5H2,1H3,(H,14,15,16,19). The third kappa shape index (κ3) is 2.68. The second-order valence-corrected chi connectivity index (χ2v) is 5.24. The summed E-state index contributed by atoms with van der Waals surface area (Å²) in [5.41, 5.74) is 0.293. The van der Waals surface area contributed by atoms with Gasteiger partial charge in [0.05, 0.1) is 17.9 Å². The van der Waals surface area contributed by atoms with Crippen molar-refractivity contribution in [1.82, 2.24) is 28.8 Å². The first-order chi connectivity index (χ1) is 9.74. The summed E-state index contributed by atoms with van der Waals surface area (Å²) in [4.78, 5) is 16.3. The van der Waals surface area contributed by atoms with Gasteiger partial charge >= 0.3 is 0 Å². The Morgan fingerprint density at radius 3 is 3.00 bits per heavy atom. The van der Waals surface area contributed by atoms with E-state index in [1.165, 1.54) is 6.20 Å². The third-order valence-electron chi connectivity index (χ3n) is 3.30. The molecule has 0 saturated carbocycles. The Morgan fingerprint density at radius 2 is 2.30 bits per heavy atom. The Balaban J connectivity index is 1.73. The highest BCUT2D eigenvalue weighted by molar-refractivity contribution is 6.99. The average Bonchev–Trinajstić information content (AvgIpc) is 3.10. The van der Waals surface area contributed by atoms with Crippen LogP contribution in [0.3, 0.4) is 0 Å². The van der Waals surface area contributed by atoms with Gasteiger partial charge in [-0.05, 0) is 25.9 Å². The minimum absolute atomic E-state index is 0.293. The SMILES string of the molecule is Cn1nc(C2CCNCC2)nc1NC(=O)c1cnsn1. The molecule has 2 aromatic rings. The van der Waals surface area contributed by atoms with Gasteiger partial charge in [-0.1, -0.05) is 0 Å². The molecule has 9 heteroatoms. The number of nitrogens with zero attached hydrogens (tertiary/aromatic N) is 5. The fourth-order valence-corrected chi connectivity index (χ4v) is 2.61. The zero-order chi connectivity index (χ0) is 13.9. The van der Waals surface area contributed by atoms with E-state index < -0.39 is 0 Å². The number of aromatic nitrogens is 5. The molecular formula is C11H15N7OS. The zero-order valence-electron chi connectivity index (χ0n) is 11.0. The van der Waals surface area contributed by atoms with Crippen molar-refractivity contribution in [3.63, 3.8) is 0 Å². The molecule has 0 spiro atoms. The maximum Gasteiger partial charge on any atom is 0.279 e. The largest absolute Gasteiger partial charge is 0.317 e. The number of rotatable bonds is 3. The van der Waals surface area contributed by atoms with Crippen LogP contribution in [0.5, 0.6) is 0 Å². The molecule has 106 valence electrons. The lowest BCUT2D eigenvalue weighted by molar-refractivity contribution is 0.102. The maximum absolute atomic E-state index is 11.9. The maximum atomic E-state index is 11.9. The molecule has 0 aliphatic carbocycles. The molecule has 1 aliphatic heterocycles. The van der Waals surface area contributed by atoms with Gasteiger partial charge in [-0.2, -0.15) is 18.8 Å². The van der Waals surface area contributed by atoms with Crippen LogP contribution in [0.1, 0.15) is 35.1 Å². The Morgan fingerprint density at radius 1 is 1.50 bits per heavy atom. The fraction of sp³-hybridized carbons (Fsp3) is 0.545. The molecule has 0 radical (unpaired) electrons. The van der Waals surface area contributed by atoms with Gasteiger partial charge in [0.2, 0.25) is 5.95 Å². The Kier molecular flexibility index (Phi) is 3.70. The van der Waals surface area contributed by atoms with Crippen molar-refractivity contribution in [2.75, 3.05) is 18.4 Å². The predicted molar refractivity (Wildman–Crippen MR) is 73.7 cm³/mol. The molecule has 0 atom stereocenters. The molecule has 2 N–H and O–H groups in total. The summed E-state index contributed by atoms with van der Waals surface area (Å²) in [6, 6.07) is 0. The molecule has 0 unspecified atom stereocenters. The molecular weight excluding hydrogens is 278 g/mol. The van der Waals surface area contributed by atoms with E-state index in [9.17, 15) is 4.79 Å². The van der Waals surface area contributed by atoms with E-state index in [4.69, 9.17) is 0 Å². The second-order valence-electron chi connectivity index (χ2n) is 4.69. The van der Waals surface area contributed by atoms with Gasteiger partial charge in [0.25, 0.3) is 5.91 Å². The van der Waals surface area contributed by atoms with Crippen molar-refractivity contribution in [2.24, 2.45) is 7.05 Å². The van der Waals surface area contributed by atoms with Crippen LogP contribution < -0.4 is 10.6 Å². The second kappa shape index (κ2) is 5.63. The number of hydrogen-bond donors (Lipinski definition) is 2. The molecule has 3 rings (SSSR count). The summed E-state index contributed by atoms with van der Waals surface area (Å²) in [6.45, 7) is 1.96. The zero-order valence-corrected chi connectivity index (χ0v) is 11.9. The Hall–Kier alpha value is -1.87. The number of anilines is 1. The Labute approximate surface area is 119 Å². The van der Waals surface area contributed by atoms with Crippen LogP contribution in [0, 0.1) is 0 Å². The smallest absolute Gasteiger partial charge is 0.279 e. The first-order valence-electron chi connectivity index (χ1n) is 6.44. The van der Waals surface area contributed by atoms with Crippen molar-refractivity contribution in [2.45, 2.75) is 18.8 Å². The quantitative estimate of drug-likeness (QED) is 0.849. The number of piperidine rings is 1. The predicted octanol–water partition coefficient (Wildman–Crippen LogP) is 0.386. The van der Waals surface area contributed by atoms with Crippen molar-refractivity contribution in [3.8, 4) is 0 Å². The number of nitrogens with one attached hydrogen (secondary N) is 2. The van der Waals surface area contributed by atoms with Gasteiger partial charge in [0, 0.05) is 13.0 Å². The van der Waals surface area contributed by atoms with E-state index in [1.54, 1.807) is 11.7 Å². The molecule has 1 amide bonds. The molecule has 0 aromatic carbocycles. The van der Waals surface area contributed by atoms with Gasteiger partial charge < -0.3 is 5.32 Å². The van der Waals surface area contributed by atoms with E-state index in [0.717, 1.165) is 43.5 Å². The van der Waals surface area contributed by atoms with Crippen molar-refractivity contribution in [3.05, 3.63) is 17.7 Å². The fourth-order valence-electron chi connectivity index (χ4n) is 2.20. The highest BCUT2D eigenvalue weighted by Crippen LogP contribution is 2.23. The minimum Gasteiger partial charge on any atom is -0.317 e. The molecule has 1 fully saturated rings. The summed E-state index contributed by atoms with van der Waals surface area (Å²) >= 11 is 1.000. The van der Waals surface area contributed by atoms with E-state index in [-0.39, 0.29) is 5.91 Å². The third-order valence-corrected chi connectivity index (χ3v) is 3.78. The molecule has 3 heterocycles. The number of aryl methyl sites for hydroxylation is 1. The minimum atomic E-state index is -0.314. The molecule has 1 saturated heterocycles. The van der Waals surface area contributed by atoms with Crippen LogP contribution in [-0.2, 0) is 7.05 Å². The van der Waals surface area contributed by atoms with Crippen molar-refractivity contribution >= 4 is 23.6 Å². The van der Waals surface area contributed by atoms with E-state index in [0.29, 0.717) is 17.6 Å². The highest BCUT2D eigenvalue weighted by atomic mass is 32.1. The van der Waals surface area contributed by atoms with E-state index >= 15 is 0 Å². The highest BCUT2D eigenvalue weighted by Gasteiger charge is 2.21. The first-order valence-corrected chi connectivity index (χ1v) is 7.17. The molecule has 2 aromatic heterocycles.